The number of nitrogens with two attached hydrogens (primary N) is 1. The molecule has 88 valence electrons. The minimum absolute atomic E-state index is 0.302. The number of nitrogens with zero attached hydrogens (tertiary/aromatic N) is 2. The third-order valence-corrected chi connectivity index (χ3v) is 3.59. The Hall–Kier alpha value is -1.62. The molecule has 1 atom stereocenters. The van der Waals surface area contributed by atoms with E-state index in [1.807, 2.05) is 31.2 Å². The number of aryl methyl sites for hydroxylation is 1. The Morgan fingerprint density at radius 1 is 1.29 bits per heavy atom. The molecule has 2 rings (SSSR count). The molecular formula is C12H13N3OS. The summed E-state index contributed by atoms with van der Waals surface area (Å²) in [6.07, 6.45) is 0. The van der Waals surface area contributed by atoms with Gasteiger partial charge in [-0.3, -0.25) is 4.79 Å². The Labute approximate surface area is 104 Å². The number of fused-ring (bicyclic) bond motifs is 1. The number of amides is 1. The van der Waals surface area contributed by atoms with Crippen LogP contribution in [0.4, 0.5) is 0 Å². The lowest BCUT2D eigenvalue weighted by atomic mass is 10.3. The number of thioether (sulfide) groups is 1. The second-order valence-corrected chi connectivity index (χ2v) is 5.09. The highest BCUT2D eigenvalue weighted by Crippen LogP contribution is 2.25. The number of carbonyl (C=O) groups excluding carboxylic acids is 1. The SMILES string of the molecule is Cc1nc2ccccc2nc1S[C@H](C)C(N)=O. The molecule has 0 saturated heterocycles. The quantitative estimate of drug-likeness (QED) is 0.841. The van der Waals surface area contributed by atoms with Crippen LogP contribution < -0.4 is 5.73 Å². The summed E-state index contributed by atoms with van der Waals surface area (Å²) in [6, 6.07) is 7.66. The molecule has 0 radical (unpaired) electrons. The largest absolute Gasteiger partial charge is 0.369 e. The minimum atomic E-state index is -0.343. The minimum Gasteiger partial charge on any atom is -0.369 e. The number of hydrogen-bond acceptors (Lipinski definition) is 4. The van der Waals surface area contributed by atoms with Crippen LogP contribution in [-0.2, 0) is 4.79 Å². The predicted octanol–water partition coefficient (Wildman–Crippen LogP) is 1.90. The van der Waals surface area contributed by atoms with E-state index in [1.54, 1.807) is 6.92 Å². The first-order valence-electron chi connectivity index (χ1n) is 5.27. The monoisotopic (exact) mass is 247 g/mol. The van der Waals surface area contributed by atoms with E-state index in [0.29, 0.717) is 0 Å². The number of benzene rings is 1. The van der Waals surface area contributed by atoms with Gasteiger partial charge >= 0.3 is 0 Å². The van der Waals surface area contributed by atoms with E-state index in [9.17, 15) is 4.79 Å². The second-order valence-electron chi connectivity index (χ2n) is 3.77. The molecule has 1 amide bonds. The molecule has 0 aliphatic carbocycles. The van der Waals surface area contributed by atoms with Gasteiger partial charge < -0.3 is 5.73 Å². The molecule has 1 heterocycles. The van der Waals surface area contributed by atoms with Gasteiger partial charge in [0.15, 0.2) is 0 Å². The van der Waals surface area contributed by atoms with Crippen LogP contribution in [0.2, 0.25) is 0 Å². The summed E-state index contributed by atoms with van der Waals surface area (Å²) in [5.74, 6) is -0.343. The van der Waals surface area contributed by atoms with Crippen molar-refractivity contribution in [2.24, 2.45) is 5.73 Å². The number of primary amides is 1. The average Bonchev–Trinajstić information content (AvgIpc) is 2.29. The molecule has 0 bridgehead atoms. The van der Waals surface area contributed by atoms with Crippen molar-refractivity contribution in [3.63, 3.8) is 0 Å². The summed E-state index contributed by atoms with van der Waals surface area (Å²) in [6.45, 7) is 3.65. The molecule has 0 unspecified atom stereocenters. The fourth-order valence-electron chi connectivity index (χ4n) is 1.41. The normalized spacial score (nSPS) is 12.6. The molecule has 0 aliphatic heterocycles. The van der Waals surface area contributed by atoms with Crippen molar-refractivity contribution in [2.45, 2.75) is 24.1 Å². The summed E-state index contributed by atoms with van der Waals surface area (Å²) in [5.41, 5.74) is 7.75. The molecule has 2 aromatic rings. The third-order valence-electron chi connectivity index (χ3n) is 2.39. The van der Waals surface area contributed by atoms with Crippen LogP contribution in [0.1, 0.15) is 12.6 Å². The van der Waals surface area contributed by atoms with Gasteiger partial charge in [-0.25, -0.2) is 9.97 Å². The average molecular weight is 247 g/mol. The first kappa shape index (κ1) is 11.9. The van der Waals surface area contributed by atoms with E-state index in [1.165, 1.54) is 11.8 Å². The van der Waals surface area contributed by atoms with E-state index in [2.05, 4.69) is 9.97 Å². The van der Waals surface area contributed by atoms with E-state index in [-0.39, 0.29) is 11.2 Å². The van der Waals surface area contributed by atoms with Gasteiger partial charge in [0, 0.05) is 0 Å². The smallest absolute Gasteiger partial charge is 0.230 e. The highest BCUT2D eigenvalue weighted by Gasteiger charge is 2.14. The van der Waals surface area contributed by atoms with Gasteiger partial charge in [-0.2, -0.15) is 0 Å². The fraction of sp³-hybridized carbons (Fsp3) is 0.250. The Bertz CT molecular complexity index is 571. The maximum atomic E-state index is 11.0. The predicted molar refractivity (Wildman–Crippen MR) is 68.8 cm³/mol. The standard InChI is InChI=1S/C12H13N3OS/c1-7-12(17-8(2)11(13)16)15-10-6-4-3-5-9(10)14-7/h3-6,8H,1-2H3,(H2,13,16)/t8-/m1/s1. The van der Waals surface area contributed by atoms with Crippen molar-refractivity contribution in [3.8, 4) is 0 Å². The Morgan fingerprint density at radius 2 is 1.88 bits per heavy atom. The number of aromatic nitrogens is 2. The maximum Gasteiger partial charge on any atom is 0.230 e. The van der Waals surface area contributed by atoms with Crippen molar-refractivity contribution in [1.29, 1.82) is 0 Å². The first-order chi connectivity index (χ1) is 8.08. The summed E-state index contributed by atoms with van der Waals surface area (Å²) >= 11 is 1.34. The van der Waals surface area contributed by atoms with Crippen LogP contribution in [0, 0.1) is 6.92 Å². The lowest BCUT2D eigenvalue weighted by Gasteiger charge is -2.09. The van der Waals surface area contributed by atoms with Crippen molar-refractivity contribution in [1.82, 2.24) is 9.97 Å². The van der Waals surface area contributed by atoms with Gasteiger partial charge in [0.2, 0.25) is 5.91 Å². The van der Waals surface area contributed by atoms with E-state index in [4.69, 9.17) is 5.73 Å². The molecule has 2 N–H and O–H groups in total. The highest BCUT2D eigenvalue weighted by molar-refractivity contribution is 8.00. The lowest BCUT2D eigenvalue weighted by Crippen LogP contribution is -2.22. The van der Waals surface area contributed by atoms with Gasteiger partial charge in [0.25, 0.3) is 0 Å². The van der Waals surface area contributed by atoms with Crippen LogP contribution in [0.25, 0.3) is 11.0 Å². The molecule has 1 aromatic heterocycles. The third kappa shape index (κ3) is 2.55. The number of para-hydroxylation sites is 2. The van der Waals surface area contributed by atoms with Gasteiger partial charge in [-0.1, -0.05) is 23.9 Å². The summed E-state index contributed by atoms with van der Waals surface area (Å²) in [4.78, 5) is 20.0. The summed E-state index contributed by atoms with van der Waals surface area (Å²) in [7, 11) is 0. The Morgan fingerprint density at radius 3 is 2.47 bits per heavy atom. The van der Waals surface area contributed by atoms with E-state index in [0.717, 1.165) is 21.8 Å². The molecular weight excluding hydrogens is 234 g/mol. The van der Waals surface area contributed by atoms with Crippen molar-refractivity contribution >= 4 is 28.7 Å². The maximum absolute atomic E-state index is 11.0. The van der Waals surface area contributed by atoms with E-state index < -0.39 is 0 Å². The van der Waals surface area contributed by atoms with Crippen LogP contribution in [-0.4, -0.2) is 21.1 Å². The number of hydrogen-bond donors (Lipinski definition) is 1. The van der Waals surface area contributed by atoms with Crippen LogP contribution in [0.15, 0.2) is 29.3 Å². The second kappa shape index (κ2) is 4.71. The van der Waals surface area contributed by atoms with Crippen LogP contribution >= 0.6 is 11.8 Å². The zero-order valence-electron chi connectivity index (χ0n) is 9.68. The Balaban J connectivity index is 2.40. The van der Waals surface area contributed by atoms with Crippen LogP contribution in [0.3, 0.4) is 0 Å². The van der Waals surface area contributed by atoms with Crippen LogP contribution in [0.5, 0.6) is 0 Å². The topological polar surface area (TPSA) is 68.9 Å². The zero-order valence-corrected chi connectivity index (χ0v) is 10.5. The number of rotatable bonds is 3. The fourth-order valence-corrected chi connectivity index (χ4v) is 2.23. The molecule has 5 heteroatoms. The summed E-state index contributed by atoms with van der Waals surface area (Å²) < 4.78 is 0. The van der Waals surface area contributed by atoms with Crippen molar-refractivity contribution in [3.05, 3.63) is 30.0 Å². The highest BCUT2D eigenvalue weighted by atomic mass is 32.2. The van der Waals surface area contributed by atoms with Crippen molar-refractivity contribution < 1.29 is 4.79 Å². The molecule has 0 saturated carbocycles. The lowest BCUT2D eigenvalue weighted by molar-refractivity contribution is -0.117. The van der Waals surface area contributed by atoms with E-state index >= 15 is 0 Å². The molecule has 1 aromatic carbocycles. The molecule has 0 spiro atoms. The Kier molecular flexibility index (Phi) is 3.28. The van der Waals surface area contributed by atoms with Gasteiger partial charge in [0.1, 0.15) is 5.03 Å². The van der Waals surface area contributed by atoms with Crippen molar-refractivity contribution in [2.75, 3.05) is 0 Å². The molecule has 0 fully saturated rings. The molecule has 17 heavy (non-hydrogen) atoms. The van der Waals surface area contributed by atoms with Gasteiger partial charge in [0.05, 0.1) is 22.0 Å². The zero-order chi connectivity index (χ0) is 12.4. The van der Waals surface area contributed by atoms with Gasteiger partial charge in [-0.05, 0) is 26.0 Å². The number of carbonyl (C=O) groups is 1. The first-order valence-corrected chi connectivity index (χ1v) is 6.15. The summed E-state index contributed by atoms with van der Waals surface area (Å²) in [5, 5.41) is 0.458. The molecule has 4 nitrogen and oxygen atoms in total. The van der Waals surface area contributed by atoms with Gasteiger partial charge in [-0.15, -0.1) is 0 Å². The molecule has 0 aliphatic rings.